The summed E-state index contributed by atoms with van der Waals surface area (Å²) in [4.78, 5) is 26.1. The van der Waals surface area contributed by atoms with E-state index in [0.717, 1.165) is 34.5 Å². The van der Waals surface area contributed by atoms with E-state index in [1.165, 1.54) is 22.5 Å². The maximum Gasteiger partial charge on any atom is 0.413 e. The molecule has 138 valence electrons. The summed E-state index contributed by atoms with van der Waals surface area (Å²) < 4.78 is 6.14. The zero-order valence-electron chi connectivity index (χ0n) is 14.4. The van der Waals surface area contributed by atoms with Gasteiger partial charge in [0.25, 0.3) is 0 Å². The molecule has 0 fully saturated rings. The Kier molecular flexibility index (Phi) is 6.49. The second kappa shape index (κ2) is 8.83. The molecule has 0 unspecified atom stereocenters. The molecule has 3 rings (SSSR count). The van der Waals surface area contributed by atoms with Crippen LogP contribution in [0.2, 0.25) is 0 Å². The Morgan fingerprint density at radius 1 is 1.19 bits per heavy atom. The van der Waals surface area contributed by atoms with Crippen LogP contribution in [0.4, 0.5) is 10.5 Å². The van der Waals surface area contributed by atoms with Gasteiger partial charge >= 0.3 is 6.09 Å². The molecule has 0 atom stereocenters. The molecule has 1 aliphatic rings. The lowest BCUT2D eigenvalue weighted by atomic mass is 10.0. The number of carbonyl (C=O) groups is 2. The van der Waals surface area contributed by atoms with Crippen LogP contribution in [0.3, 0.4) is 0 Å². The van der Waals surface area contributed by atoms with E-state index in [4.69, 9.17) is 4.74 Å². The van der Waals surface area contributed by atoms with E-state index in [0.29, 0.717) is 5.06 Å². The first-order chi connectivity index (χ1) is 12.5. The fraction of sp³-hybridized carbons (Fsp3) is 0.333. The van der Waals surface area contributed by atoms with Crippen molar-refractivity contribution in [1.82, 2.24) is 10.2 Å². The van der Waals surface area contributed by atoms with Crippen LogP contribution in [0.1, 0.15) is 11.1 Å². The van der Waals surface area contributed by atoms with Crippen molar-refractivity contribution in [3.8, 4) is 5.06 Å². The van der Waals surface area contributed by atoms with Crippen molar-refractivity contribution in [2.75, 3.05) is 32.0 Å². The third-order valence-electron chi connectivity index (χ3n) is 4.15. The van der Waals surface area contributed by atoms with Gasteiger partial charge in [-0.05, 0) is 77.9 Å². The Labute approximate surface area is 170 Å². The fourth-order valence-corrected chi connectivity index (χ4v) is 4.16. The molecule has 1 aliphatic heterocycles. The first-order valence-electron chi connectivity index (χ1n) is 8.31. The Bertz CT molecular complexity index is 809. The molecule has 0 bridgehead atoms. The Balaban J connectivity index is 1.49. The maximum absolute atomic E-state index is 12.1. The van der Waals surface area contributed by atoms with Crippen molar-refractivity contribution >= 4 is 51.6 Å². The number of amides is 2. The van der Waals surface area contributed by atoms with E-state index in [1.54, 1.807) is 6.07 Å². The summed E-state index contributed by atoms with van der Waals surface area (Å²) in [5.74, 6) is -0.284. The summed E-state index contributed by atoms with van der Waals surface area (Å²) in [6.45, 7) is 1.93. The van der Waals surface area contributed by atoms with E-state index < -0.39 is 6.09 Å². The highest BCUT2D eigenvalue weighted by atomic mass is 127. The molecule has 8 heteroatoms. The van der Waals surface area contributed by atoms with Crippen LogP contribution in [-0.4, -0.2) is 43.6 Å². The number of hydrogen-bond donors (Lipinski definition) is 2. The van der Waals surface area contributed by atoms with Gasteiger partial charge in [-0.25, -0.2) is 4.79 Å². The van der Waals surface area contributed by atoms with Gasteiger partial charge in [0.15, 0.2) is 5.06 Å². The highest BCUT2D eigenvalue weighted by Crippen LogP contribution is 2.25. The second-order valence-corrected chi connectivity index (χ2v) is 9.08. The van der Waals surface area contributed by atoms with Crippen molar-refractivity contribution < 1.29 is 14.3 Å². The van der Waals surface area contributed by atoms with Crippen LogP contribution >= 0.6 is 33.9 Å². The SMILES string of the molecule is CN1CCc2ccc(NC(=O)CNC(=O)Oc3ccc(I)s3)cc2CC1. The van der Waals surface area contributed by atoms with Crippen molar-refractivity contribution in [3.05, 3.63) is 44.3 Å². The number of nitrogens with one attached hydrogen (secondary N) is 2. The molecule has 0 aliphatic carbocycles. The number of likely N-dealkylation sites (N-methyl/N-ethyl adjacent to an activating group) is 1. The van der Waals surface area contributed by atoms with E-state index in [2.05, 4.69) is 51.2 Å². The van der Waals surface area contributed by atoms with Gasteiger partial charge in [-0.3, -0.25) is 4.79 Å². The zero-order chi connectivity index (χ0) is 18.5. The monoisotopic (exact) mass is 485 g/mol. The third-order valence-corrected chi connectivity index (χ3v) is 5.92. The predicted molar refractivity (Wildman–Crippen MR) is 111 cm³/mol. The maximum atomic E-state index is 12.1. The number of anilines is 1. The molecule has 1 aromatic carbocycles. The van der Waals surface area contributed by atoms with Crippen LogP contribution in [0.25, 0.3) is 0 Å². The predicted octanol–water partition coefficient (Wildman–Crippen LogP) is 3.11. The highest BCUT2D eigenvalue weighted by Gasteiger charge is 2.13. The number of nitrogens with zero attached hydrogens (tertiary/aromatic N) is 1. The fourth-order valence-electron chi connectivity index (χ4n) is 2.75. The average molecular weight is 485 g/mol. The van der Waals surface area contributed by atoms with Gasteiger partial charge in [-0.1, -0.05) is 17.4 Å². The third kappa shape index (κ3) is 5.42. The van der Waals surface area contributed by atoms with Crippen molar-refractivity contribution in [2.24, 2.45) is 0 Å². The molecule has 0 spiro atoms. The minimum Gasteiger partial charge on any atom is -0.399 e. The summed E-state index contributed by atoms with van der Waals surface area (Å²) in [6, 6.07) is 9.59. The molecule has 0 saturated heterocycles. The summed E-state index contributed by atoms with van der Waals surface area (Å²) >= 11 is 3.52. The number of hydrogen-bond acceptors (Lipinski definition) is 5. The van der Waals surface area contributed by atoms with Crippen LogP contribution in [0.15, 0.2) is 30.3 Å². The largest absolute Gasteiger partial charge is 0.413 e. The Hall–Kier alpha value is -1.65. The zero-order valence-corrected chi connectivity index (χ0v) is 17.4. The summed E-state index contributed by atoms with van der Waals surface area (Å²) in [5.41, 5.74) is 3.35. The van der Waals surface area contributed by atoms with Gasteiger partial charge in [0, 0.05) is 18.8 Å². The lowest BCUT2D eigenvalue weighted by Crippen LogP contribution is -2.34. The smallest absolute Gasteiger partial charge is 0.399 e. The van der Waals surface area contributed by atoms with Gasteiger partial charge in [-0.15, -0.1) is 0 Å². The lowest BCUT2D eigenvalue weighted by molar-refractivity contribution is -0.115. The van der Waals surface area contributed by atoms with E-state index in [9.17, 15) is 9.59 Å². The van der Waals surface area contributed by atoms with Gasteiger partial charge < -0.3 is 20.3 Å². The van der Waals surface area contributed by atoms with Crippen molar-refractivity contribution in [3.63, 3.8) is 0 Å². The Morgan fingerprint density at radius 2 is 1.96 bits per heavy atom. The molecule has 2 amide bonds. The number of rotatable bonds is 4. The topological polar surface area (TPSA) is 70.7 Å². The molecular weight excluding hydrogens is 465 g/mol. The van der Waals surface area contributed by atoms with E-state index in [1.807, 2.05) is 18.2 Å². The first-order valence-corrected chi connectivity index (χ1v) is 10.2. The highest BCUT2D eigenvalue weighted by molar-refractivity contribution is 14.1. The van der Waals surface area contributed by atoms with Gasteiger partial charge in [0.1, 0.15) is 6.54 Å². The Morgan fingerprint density at radius 3 is 2.69 bits per heavy atom. The number of ether oxygens (including phenoxy) is 1. The van der Waals surface area contributed by atoms with Crippen LogP contribution in [0, 0.1) is 2.88 Å². The van der Waals surface area contributed by atoms with Gasteiger partial charge in [0.2, 0.25) is 5.91 Å². The number of carbonyl (C=O) groups excluding carboxylic acids is 2. The first kappa shape index (κ1) is 19.1. The van der Waals surface area contributed by atoms with Crippen molar-refractivity contribution in [2.45, 2.75) is 12.8 Å². The number of thiophene rings is 1. The number of halogens is 1. The summed E-state index contributed by atoms with van der Waals surface area (Å²) in [7, 11) is 2.12. The van der Waals surface area contributed by atoms with Gasteiger partial charge in [0.05, 0.1) is 2.88 Å². The van der Waals surface area contributed by atoms with E-state index in [-0.39, 0.29) is 12.5 Å². The molecular formula is C18H20IN3O3S. The lowest BCUT2D eigenvalue weighted by Gasteiger charge is -2.11. The van der Waals surface area contributed by atoms with Crippen LogP contribution < -0.4 is 15.4 Å². The molecule has 26 heavy (non-hydrogen) atoms. The summed E-state index contributed by atoms with van der Waals surface area (Å²) in [6.07, 6.45) is 1.36. The molecule has 1 aromatic heterocycles. The number of benzene rings is 1. The molecule has 2 N–H and O–H groups in total. The molecule has 2 heterocycles. The normalized spacial score (nSPS) is 14.2. The van der Waals surface area contributed by atoms with Crippen LogP contribution in [0.5, 0.6) is 5.06 Å². The average Bonchev–Trinajstić information content (AvgIpc) is 2.92. The van der Waals surface area contributed by atoms with Gasteiger partial charge in [-0.2, -0.15) is 0 Å². The minimum atomic E-state index is -0.636. The molecule has 0 saturated carbocycles. The van der Waals surface area contributed by atoms with Crippen molar-refractivity contribution in [1.29, 1.82) is 0 Å². The van der Waals surface area contributed by atoms with E-state index >= 15 is 0 Å². The molecule has 0 radical (unpaired) electrons. The summed E-state index contributed by atoms with van der Waals surface area (Å²) in [5, 5.41) is 5.79. The number of fused-ring (bicyclic) bond motifs is 1. The quantitative estimate of drug-likeness (QED) is 0.654. The molecule has 2 aromatic rings. The standard InChI is InChI=1S/C18H20IN3O3S/c1-22-8-6-12-2-3-14(10-13(12)7-9-22)21-16(23)11-20-18(24)25-17-5-4-15(19)26-17/h2-5,10H,6-9,11H2,1H3,(H,20,24)(H,21,23). The minimum absolute atomic E-state index is 0.138. The molecule has 6 nitrogen and oxygen atoms in total. The second-order valence-electron chi connectivity index (χ2n) is 6.14. The van der Waals surface area contributed by atoms with Crippen LogP contribution in [-0.2, 0) is 17.6 Å².